The summed E-state index contributed by atoms with van der Waals surface area (Å²) < 4.78 is 5.89. The molecule has 5 N–H and O–H groups in total. The third-order valence-corrected chi connectivity index (χ3v) is 9.74. The van der Waals surface area contributed by atoms with Crippen molar-refractivity contribution in [2.24, 2.45) is 34.0 Å². The number of hydrogen-bond acceptors (Lipinski definition) is 7. The summed E-state index contributed by atoms with van der Waals surface area (Å²) in [6, 6.07) is 0. The second-order valence-corrected chi connectivity index (χ2v) is 10.8. The first-order valence-electron chi connectivity index (χ1n) is 10.3. The van der Waals surface area contributed by atoms with Gasteiger partial charge in [0.05, 0.1) is 24.4 Å². The van der Waals surface area contributed by atoms with Gasteiger partial charge in [-0.05, 0) is 37.0 Å². The second-order valence-electron chi connectivity index (χ2n) is 10.8. The molecule has 3 spiro atoms. The number of fused-ring (bicyclic) bond motifs is 3. The number of aliphatic hydroxyl groups excluding tert-OH is 3. The Hall–Kier alpha value is -0.570. The van der Waals surface area contributed by atoms with E-state index in [2.05, 4.69) is 19.2 Å². The fraction of sp³-hybridized carbons (Fsp3) is 0.950. The van der Waals surface area contributed by atoms with Crippen LogP contribution in [0.15, 0.2) is 0 Å². The minimum atomic E-state index is -2.11. The Kier molecular flexibility index (Phi) is 2.85. The molecule has 3 heterocycles. The number of ketones is 1. The Balaban J connectivity index is 1.64. The van der Waals surface area contributed by atoms with Crippen LogP contribution in [0.4, 0.5) is 0 Å². The van der Waals surface area contributed by atoms with Crippen molar-refractivity contribution in [1.82, 2.24) is 5.32 Å². The minimum Gasteiger partial charge on any atom is -0.392 e. The number of rotatable bonds is 0. The van der Waals surface area contributed by atoms with Gasteiger partial charge in [0, 0.05) is 23.8 Å². The molecule has 7 rings (SSSR count). The molecule has 7 fully saturated rings. The van der Waals surface area contributed by atoms with Crippen molar-refractivity contribution in [3.63, 3.8) is 0 Å². The fourth-order valence-electron chi connectivity index (χ4n) is 8.67. The van der Waals surface area contributed by atoms with Crippen molar-refractivity contribution in [2.45, 2.75) is 69.2 Å². The Morgan fingerprint density at radius 3 is 2.48 bits per heavy atom. The van der Waals surface area contributed by atoms with Gasteiger partial charge in [-0.2, -0.15) is 0 Å². The SMILES string of the molecule is CC1(C)CC[C@H](O)[C@]23COC(O)([C@@H](O)C12)[C@]12C(=O)C4(CN4)[C@H](CCC31)[C@H]2O. The molecule has 4 unspecified atom stereocenters. The number of ether oxygens (including phenoxy) is 1. The number of carbonyl (C=O) groups excluding carboxylic acids is 1. The molecular formula is C20H29NO6. The van der Waals surface area contributed by atoms with Crippen LogP contribution in [0.3, 0.4) is 0 Å². The Morgan fingerprint density at radius 1 is 1.11 bits per heavy atom. The van der Waals surface area contributed by atoms with Crippen LogP contribution in [0.5, 0.6) is 0 Å². The molecule has 0 amide bonds. The van der Waals surface area contributed by atoms with Crippen LogP contribution in [0, 0.1) is 34.0 Å². The highest BCUT2D eigenvalue weighted by molar-refractivity contribution is 6.02. The van der Waals surface area contributed by atoms with E-state index in [1.807, 2.05) is 0 Å². The molecule has 0 aromatic rings. The molecule has 3 saturated heterocycles. The van der Waals surface area contributed by atoms with Crippen LogP contribution in [-0.2, 0) is 9.53 Å². The molecule has 4 saturated carbocycles. The van der Waals surface area contributed by atoms with Crippen LogP contribution in [0.2, 0.25) is 0 Å². The molecule has 7 heteroatoms. The molecular weight excluding hydrogens is 350 g/mol. The third kappa shape index (κ3) is 1.41. The summed E-state index contributed by atoms with van der Waals surface area (Å²) in [5.41, 5.74) is -3.50. The molecule has 0 radical (unpaired) electrons. The van der Waals surface area contributed by atoms with Gasteiger partial charge in [-0.15, -0.1) is 0 Å². The zero-order valence-electron chi connectivity index (χ0n) is 15.8. The van der Waals surface area contributed by atoms with Crippen LogP contribution in [-0.4, -0.2) is 69.0 Å². The van der Waals surface area contributed by atoms with E-state index in [0.29, 0.717) is 25.8 Å². The van der Waals surface area contributed by atoms with Crippen molar-refractivity contribution < 1.29 is 30.0 Å². The molecule has 0 aromatic heterocycles. The van der Waals surface area contributed by atoms with Gasteiger partial charge < -0.3 is 30.5 Å². The predicted octanol–water partition coefficient (Wildman–Crippen LogP) is -0.839. The fourth-order valence-corrected chi connectivity index (χ4v) is 8.67. The lowest BCUT2D eigenvalue weighted by atomic mass is 9.35. The van der Waals surface area contributed by atoms with E-state index in [0.717, 1.165) is 6.42 Å². The van der Waals surface area contributed by atoms with Crippen LogP contribution < -0.4 is 5.32 Å². The normalized spacial score (nSPS) is 65.2. The first kappa shape index (κ1) is 17.3. The molecule has 7 aliphatic rings. The molecule has 3 aliphatic heterocycles. The second kappa shape index (κ2) is 4.45. The van der Waals surface area contributed by atoms with Gasteiger partial charge in [0.15, 0.2) is 5.78 Å². The van der Waals surface area contributed by atoms with Gasteiger partial charge in [0.1, 0.15) is 11.5 Å². The van der Waals surface area contributed by atoms with Crippen LogP contribution >= 0.6 is 0 Å². The first-order valence-corrected chi connectivity index (χ1v) is 10.3. The lowest BCUT2D eigenvalue weighted by Gasteiger charge is -2.74. The maximum absolute atomic E-state index is 13.8. The largest absolute Gasteiger partial charge is 0.392 e. The Labute approximate surface area is 158 Å². The monoisotopic (exact) mass is 379 g/mol. The molecule has 4 aliphatic carbocycles. The van der Waals surface area contributed by atoms with Crippen molar-refractivity contribution in [2.75, 3.05) is 13.2 Å². The average Bonchev–Trinajstić information content (AvgIpc) is 3.40. The third-order valence-electron chi connectivity index (χ3n) is 9.74. The van der Waals surface area contributed by atoms with Crippen molar-refractivity contribution in [1.29, 1.82) is 0 Å². The van der Waals surface area contributed by atoms with Crippen LogP contribution in [0.1, 0.15) is 39.5 Å². The highest BCUT2D eigenvalue weighted by atomic mass is 16.6. The predicted molar refractivity (Wildman–Crippen MR) is 92.2 cm³/mol. The summed E-state index contributed by atoms with van der Waals surface area (Å²) in [4.78, 5) is 13.8. The van der Waals surface area contributed by atoms with Gasteiger partial charge in [0.2, 0.25) is 5.79 Å². The first-order chi connectivity index (χ1) is 12.6. The lowest BCUT2D eigenvalue weighted by molar-refractivity contribution is -0.458. The summed E-state index contributed by atoms with van der Waals surface area (Å²) in [6.45, 7) is 4.74. The van der Waals surface area contributed by atoms with Crippen LogP contribution in [0.25, 0.3) is 0 Å². The standard InChI is InChI=1S/C20H29NO6/c1-16(2)6-5-11(22)17-8-27-20(26,14(24)12(16)17)19-10(17)4-3-9(13(19)23)18(7-21-18)15(19)25/h9-14,21-24,26H,3-8H2,1-2H3/t9-,10?,11+,12?,13-,14+,17-,18?,19-,20?/m1/s1. The highest BCUT2D eigenvalue weighted by Crippen LogP contribution is 2.77. The topological polar surface area (TPSA) is 129 Å². The number of aliphatic hydroxyl groups is 4. The van der Waals surface area contributed by atoms with E-state index in [4.69, 9.17) is 4.74 Å². The van der Waals surface area contributed by atoms with E-state index >= 15 is 0 Å². The summed E-state index contributed by atoms with van der Waals surface area (Å²) in [7, 11) is 0. The van der Waals surface area contributed by atoms with E-state index in [9.17, 15) is 25.2 Å². The van der Waals surface area contributed by atoms with Crippen molar-refractivity contribution >= 4 is 5.78 Å². The molecule has 0 aromatic carbocycles. The van der Waals surface area contributed by atoms with Gasteiger partial charge in [-0.25, -0.2) is 0 Å². The molecule has 10 atom stereocenters. The quantitative estimate of drug-likeness (QED) is 0.347. The highest BCUT2D eigenvalue weighted by Gasteiger charge is 2.90. The molecule has 150 valence electrons. The molecule has 7 nitrogen and oxygen atoms in total. The smallest absolute Gasteiger partial charge is 0.208 e. The number of hydrogen-bond donors (Lipinski definition) is 5. The van der Waals surface area contributed by atoms with Crippen molar-refractivity contribution in [3.05, 3.63) is 0 Å². The summed E-state index contributed by atoms with van der Waals surface area (Å²) in [5, 5.41) is 48.9. The van der Waals surface area contributed by atoms with Gasteiger partial charge in [-0.1, -0.05) is 13.8 Å². The number of carbonyl (C=O) groups is 1. The van der Waals surface area contributed by atoms with Gasteiger partial charge >= 0.3 is 0 Å². The maximum Gasteiger partial charge on any atom is 0.208 e. The summed E-state index contributed by atoms with van der Waals surface area (Å²) in [6.07, 6.45) is -0.483. The van der Waals surface area contributed by atoms with Crippen molar-refractivity contribution in [3.8, 4) is 0 Å². The summed E-state index contributed by atoms with van der Waals surface area (Å²) >= 11 is 0. The van der Waals surface area contributed by atoms with E-state index in [1.54, 1.807) is 0 Å². The lowest BCUT2D eigenvalue weighted by Crippen LogP contribution is -2.85. The minimum absolute atomic E-state index is 0.118. The number of Topliss-reactive ketones (excluding diaryl/α,β-unsaturated/α-hetero) is 1. The summed E-state index contributed by atoms with van der Waals surface area (Å²) in [5.74, 6) is -3.38. The zero-order valence-corrected chi connectivity index (χ0v) is 15.8. The van der Waals surface area contributed by atoms with E-state index in [1.165, 1.54) is 0 Å². The maximum atomic E-state index is 13.8. The average molecular weight is 379 g/mol. The molecule has 27 heavy (non-hydrogen) atoms. The Bertz CT molecular complexity index is 751. The number of nitrogens with one attached hydrogen (secondary N) is 1. The molecule has 4 bridgehead atoms. The van der Waals surface area contributed by atoms with E-state index < -0.39 is 46.4 Å². The van der Waals surface area contributed by atoms with E-state index in [-0.39, 0.29) is 29.6 Å². The van der Waals surface area contributed by atoms with Gasteiger partial charge in [0.25, 0.3) is 0 Å². The zero-order chi connectivity index (χ0) is 19.2. The Morgan fingerprint density at radius 2 is 1.81 bits per heavy atom. The van der Waals surface area contributed by atoms with Gasteiger partial charge in [-0.3, -0.25) is 4.79 Å².